The smallest absolute Gasteiger partial charge is 0.150 e. The Hall–Kier alpha value is 0.307. The first kappa shape index (κ1) is 13.4. The molecule has 0 heterocycles. The predicted octanol–water partition coefficient (Wildman–Crippen LogP) is 4.62. The van der Waals surface area contributed by atoms with E-state index in [2.05, 4.69) is 25.1 Å². The fourth-order valence-corrected chi connectivity index (χ4v) is 3.42. The van der Waals surface area contributed by atoms with Crippen LogP contribution in [-0.4, -0.2) is 7.42 Å². The Balaban J connectivity index is 2.68. The van der Waals surface area contributed by atoms with Crippen LogP contribution in [0, 0.1) is 0 Å². The van der Waals surface area contributed by atoms with Crippen LogP contribution in [0.2, 0.25) is 6.04 Å². The molecule has 0 saturated carbocycles. The van der Waals surface area contributed by atoms with Crippen LogP contribution in [-0.2, 0) is 5.88 Å². The Kier molecular flexibility index (Phi) is 6.06. The van der Waals surface area contributed by atoms with Crippen molar-refractivity contribution in [1.29, 1.82) is 0 Å². The van der Waals surface area contributed by atoms with Gasteiger partial charge in [-0.05, 0) is 29.5 Å². The van der Waals surface area contributed by atoms with Crippen LogP contribution in [0.15, 0.2) is 24.3 Å². The molecule has 15 heavy (non-hydrogen) atoms. The van der Waals surface area contributed by atoms with Gasteiger partial charge in [0.05, 0.1) is 0 Å². The molecule has 1 aromatic carbocycles. The summed E-state index contributed by atoms with van der Waals surface area (Å²) < 4.78 is 0. The van der Waals surface area contributed by atoms with E-state index in [1.54, 1.807) is 0 Å². The van der Waals surface area contributed by atoms with E-state index < -0.39 is 7.42 Å². The molecule has 0 fully saturated rings. The zero-order valence-electron chi connectivity index (χ0n) is 8.72. The highest BCUT2D eigenvalue weighted by Gasteiger charge is 2.11. The summed E-state index contributed by atoms with van der Waals surface area (Å²) in [6, 6.07) is 9.25. The zero-order chi connectivity index (χ0) is 11.3. The Labute approximate surface area is 108 Å². The summed E-state index contributed by atoms with van der Waals surface area (Å²) in [6.45, 7) is 2.20. The van der Waals surface area contributed by atoms with Crippen molar-refractivity contribution in [3.05, 3.63) is 35.4 Å². The monoisotopic (exact) mass is 280 g/mol. The van der Waals surface area contributed by atoms with Gasteiger partial charge in [0.2, 0.25) is 7.42 Å². The molecule has 1 unspecified atom stereocenters. The zero-order valence-corrected chi connectivity index (χ0v) is 12.1. The van der Waals surface area contributed by atoms with Gasteiger partial charge in [-0.2, -0.15) is 22.2 Å². The summed E-state index contributed by atoms with van der Waals surface area (Å²) in [5.74, 6) is 1.07. The van der Waals surface area contributed by atoms with Gasteiger partial charge in [0, 0.05) is 5.88 Å². The van der Waals surface area contributed by atoms with Crippen LogP contribution >= 0.6 is 33.8 Å². The number of hydrogen-bond donors (Lipinski definition) is 0. The Bertz CT molecular complexity index is 302. The lowest BCUT2D eigenvalue weighted by molar-refractivity contribution is 0.725. The van der Waals surface area contributed by atoms with Crippen LogP contribution in [0.1, 0.15) is 30.4 Å². The third-order valence-electron chi connectivity index (χ3n) is 2.55. The second kappa shape index (κ2) is 6.80. The standard InChI is InChI=1S/C11H15Cl3Si/c1-9(6-7-15(13)14)11-5-3-2-4-10(11)8-12/h2-5,9,15H,6-8H2,1H3. The number of benzene rings is 1. The maximum atomic E-state index is 5.90. The number of alkyl halides is 1. The average Bonchev–Trinajstić information content (AvgIpc) is 2.25. The highest BCUT2D eigenvalue weighted by Crippen LogP contribution is 2.26. The second-order valence-electron chi connectivity index (χ2n) is 3.70. The fraction of sp³-hybridized carbons (Fsp3) is 0.455. The van der Waals surface area contributed by atoms with Gasteiger partial charge in [0.25, 0.3) is 0 Å². The molecule has 0 aliphatic rings. The summed E-state index contributed by atoms with van der Waals surface area (Å²) in [6.07, 6.45) is 1.05. The summed E-state index contributed by atoms with van der Waals surface area (Å²) in [5.41, 5.74) is 2.55. The van der Waals surface area contributed by atoms with E-state index in [9.17, 15) is 0 Å². The van der Waals surface area contributed by atoms with E-state index in [4.69, 9.17) is 33.8 Å². The minimum atomic E-state index is -1.46. The molecule has 0 spiro atoms. The van der Waals surface area contributed by atoms with Crippen molar-refractivity contribution in [3.63, 3.8) is 0 Å². The Morgan fingerprint density at radius 2 is 1.93 bits per heavy atom. The highest BCUT2D eigenvalue weighted by molar-refractivity contribution is 7.33. The summed E-state index contributed by atoms with van der Waals surface area (Å²) in [4.78, 5) is 0. The Morgan fingerprint density at radius 3 is 2.53 bits per heavy atom. The average molecular weight is 282 g/mol. The first-order valence-corrected chi connectivity index (χ1v) is 9.91. The molecular formula is C11H15Cl3Si. The number of hydrogen-bond acceptors (Lipinski definition) is 0. The largest absolute Gasteiger partial charge is 0.237 e. The molecule has 0 N–H and O–H groups in total. The molecular weight excluding hydrogens is 267 g/mol. The number of rotatable bonds is 5. The van der Waals surface area contributed by atoms with Gasteiger partial charge in [0.15, 0.2) is 0 Å². The lowest BCUT2D eigenvalue weighted by Gasteiger charge is -2.15. The van der Waals surface area contributed by atoms with E-state index in [1.165, 1.54) is 11.1 Å². The summed E-state index contributed by atoms with van der Waals surface area (Å²) in [7, 11) is -1.46. The van der Waals surface area contributed by atoms with Gasteiger partial charge in [-0.3, -0.25) is 0 Å². The maximum absolute atomic E-state index is 5.90. The van der Waals surface area contributed by atoms with E-state index >= 15 is 0 Å². The first-order chi connectivity index (χ1) is 7.15. The van der Waals surface area contributed by atoms with Crippen molar-refractivity contribution in [2.24, 2.45) is 0 Å². The molecule has 0 aliphatic carbocycles. The van der Waals surface area contributed by atoms with Gasteiger partial charge >= 0.3 is 0 Å². The molecule has 0 saturated heterocycles. The van der Waals surface area contributed by atoms with Gasteiger partial charge < -0.3 is 0 Å². The van der Waals surface area contributed by atoms with Crippen molar-refractivity contribution in [1.82, 2.24) is 0 Å². The van der Waals surface area contributed by atoms with Crippen molar-refractivity contribution in [3.8, 4) is 0 Å². The molecule has 0 aromatic heterocycles. The molecule has 0 amide bonds. The lowest BCUT2D eigenvalue weighted by Crippen LogP contribution is -2.01. The van der Waals surface area contributed by atoms with E-state index in [-0.39, 0.29) is 0 Å². The molecule has 4 heteroatoms. The van der Waals surface area contributed by atoms with Crippen LogP contribution < -0.4 is 0 Å². The van der Waals surface area contributed by atoms with Crippen LogP contribution in [0.5, 0.6) is 0 Å². The predicted molar refractivity (Wildman–Crippen MR) is 72.7 cm³/mol. The van der Waals surface area contributed by atoms with E-state index in [0.717, 1.165) is 12.5 Å². The molecule has 0 radical (unpaired) electrons. The van der Waals surface area contributed by atoms with Crippen LogP contribution in [0.3, 0.4) is 0 Å². The first-order valence-electron chi connectivity index (χ1n) is 5.07. The van der Waals surface area contributed by atoms with Crippen molar-refractivity contribution < 1.29 is 0 Å². The quantitative estimate of drug-likeness (QED) is 0.420. The van der Waals surface area contributed by atoms with Crippen molar-refractivity contribution in [2.45, 2.75) is 31.2 Å². The van der Waals surface area contributed by atoms with Gasteiger partial charge in [-0.15, -0.1) is 11.6 Å². The van der Waals surface area contributed by atoms with Crippen molar-refractivity contribution in [2.75, 3.05) is 0 Å². The topological polar surface area (TPSA) is 0 Å². The van der Waals surface area contributed by atoms with Gasteiger partial charge in [-0.1, -0.05) is 31.2 Å². The molecule has 1 atom stereocenters. The SMILES string of the molecule is CC(CC[SiH](Cl)Cl)c1ccccc1CCl. The molecule has 0 nitrogen and oxygen atoms in total. The summed E-state index contributed by atoms with van der Waals surface area (Å²) in [5, 5.41) is 0. The van der Waals surface area contributed by atoms with E-state index in [0.29, 0.717) is 11.8 Å². The molecule has 0 aliphatic heterocycles. The third-order valence-corrected chi connectivity index (χ3v) is 4.91. The highest BCUT2D eigenvalue weighted by atomic mass is 35.7. The van der Waals surface area contributed by atoms with Gasteiger partial charge in [-0.25, -0.2) is 0 Å². The van der Waals surface area contributed by atoms with Gasteiger partial charge in [0.1, 0.15) is 0 Å². The minimum absolute atomic E-state index is 0.493. The molecule has 84 valence electrons. The maximum Gasteiger partial charge on any atom is 0.237 e. The number of halogens is 3. The van der Waals surface area contributed by atoms with E-state index in [1.807, 2.05) is 6.07 Å². The fourth-order valence-electron chi connectivity index (χ4n) is 1.67. The lowest BCUT2D eigenvalue weighted by atomic mass is 9.94. The molecule has 1 rings (SSSR count). The van der Waals surface area contributed by atoms with Crippen LogP contribution in [0.4, 0.5) is 0 Å². The summed E-state index contributed by atoms with van der Waals surface area (Å²) >= 11 is 17.6. The molecule has 1 aromatic rings. The molecule has 0 bridgehead atoms. The Morgan fingerprint density at radius 1 is 1.27 bits per heavy atom. The van der Waals surface area contributed by atoms with Crippen molar-refractivity contribution >= 4 is 41.2 Å². The minimum Gasteiger partial charge on any atom is -0.150 e. The normalized spacial score (nSPS) is 13.1. The second-order valence-corrected chi connectivity index (χ2v) is 9.16. The van der Waals surface area contributed by atoms with Crippen LogP contribution in [0.25, 0.3) is 0 Å². The third kappa shape index (κ3) is 4.35.